The predicted molar refractivity (Wildman–Crippen MR) is 108 cm³/mol. The first-order chi connectivity index (χ1) is 12.8. The molecule has 1 unspecified atom stereocenters. The Morgan fingerprint density at radius 2 is 1.93 bits per heavy atom. The number of ether oxygens (including phenoxy) is 1. The monoisotopic (exact) mass is 385 g/mol. The second kappa shape index (κ2) is 7.55. The van der Waals surface area contributed by atoms with Crippen molar-refractivity contribution in [1.82, 2.24) is 5.32 Å². The van der Waals surface area contributed by atoms with Gasteiger partial charge in [0, 0.05) is 34.2 Å². The van der Waals surface area contributed by atoms with Crippen LogP contribution in [0.25, 0.3) is 0 Å². The summed E-state index contributed by atoms with van der Waals surface area (Å²) in [6, 6.07) is 8.12. The van der Waals surface area contributed by atoms with Gasteiger partial charge in [0.05, 0.1) is 12.2 Å². The van der Waals surface area contributed by atoms with Crippen LogP contribution in [0.15, 0.2) is 51.7 Å². The minimum atomic E-state index is -0.375. The molecule has 5 heteroatoms. The molecule has 1 N–H and O–H groups in total. The molecule has 0 spiro atoms. The lowest BCUT2D eigenvalue weighted by atomic mass is 9.68. The van der Waals surface area contributed by atoms with Gasteiger partial charge in [-0.2, -0.15) is 0 Å². The van der Waals surface area contributed by atoms with E-state index in [9.17, 15) is 9.59 Å². The van der Waals surface area contributed by atoms with Gasteiger partial charge in [-0.3, -0.25) is 4.79 Å². The topological polar surface area (TPSA) is 55.4 Å². The van der Waals surface area contributed by atoms with E-state index in [-0.39, 0.29) is 23.1 Å². The molecule has 0 amide bonds. The number of Topliss-reactive ketones (excluding diaryl/α,β-unsaturated/α-hetero) is 1. The van der Waals surface area contributed by atoms with Gasteiger partial charge in [0.25, 0.3) is 0 Å². The number of carbonyl (C=O) groups excluding carboxylic acids is 2. The molecule has 4 nitrogen and oxygen atoms in total. The maximum Gasteiger partial charge on any atom is 0.336 e. The second-order valence-electron chi connectivity index (χ2n) is 7.92. The Morgan fingerprint density at radius 1 is 1.26 bits per heavy atom. The minimum Gasteiger partial charge on any atom is -0.463 e. The number of ketones is 1. The van der Waals surface area contributed by atoms with Crippen LogP contribution in [0.2, 0.25) is 0 Å². The number of hydrogen-bond donors (Lipinski definition) is 1. The molecule has 1 atom stereocenters. The molecule has 1 aromatic rings. The van der Waals surface area contributed by atoms with Crippen LogP contribution >= 0.6 is 11.8 Å². The van der Waals surface area contributed by atoms with E-state index in [0.29, 0.717) is 18.6 Å². The van der Waals surface area contributed by atoms with Crippen LogP contribution in [-0.2, 0) is 14.3 Å². The van der Waals surface area contributed by atoms with E-state index in [1.165, 1.54) is 0 Å². The predicted octanol–water partition coefficient (Wildman–Crippen LogP) is 4.58. The summed E-state index contributed by atoms with van der Waals surface area (Å²) in [5.74, 6) is -0.618. The summed E-state index contributed by atoms with van der Waals surface area (Å²) in [6.45, 7) is 8.22. The number of hydrogen-bond acceptors (Lipinski definition) is 5. The molecule has 0 aromatic heterocycles. The molecule has 0 fully saturated rings. The lowest BCUT2D eigenvalue weighted by molar-refractivity contribution is -0.138. The number of esters is 1. The smallest absolute Gasteiger partial charge is 0.336 e. The van der Waals surface area contributed by atoms with Gasteiger partial charge in [-0.05, 0) is 49.6 Å². The number of allylic oxidation sites excluding steroid dienone is 3. The number of thioether (sulfide) groups is 1. The van der Waals surface area contributed by atoms with Gasteiger partial charge in [-0.25, -0.2) is 4.79 Å². The van der Waals surface area contributed by atoms with E-state index in [1.807, 2.05) is 37.4 Å². The highest BCUT2D eigenvalue weighted by atomic mass is 32.2. The second-order valence-corrected chi connectivity index (χ2v) is 8.80. The molecule has 1 aromatic carbocycles. The maximum atomic E-state index is 13.1. The van der Waals surface area contributed by atoms with Gasteiger partial charge >= 0.3 is 5.97 Å². The highest BCUT2D eigenvalue weighted by Crippen LogP contribution is 2.46. The van der Waals surface area contributed by atoms with Crippen molar-refractivity contribution >= 4 is 23.5 Å². The Balaban J connectivity index is 2.15. The third kappa shape index (κ3) is 3.84. The van der Waals surface area contributed by atoms with Gasteiger partial charge in [0.15, 0.2) is 5.78 Å². The maximum absolute atomic E-state index is 13.1. The Labute approximate surface area is 165 Å². The molecule has 2 aliphatic rings. The van der Waals surface area contributed by atoms with Crippen molar-refractivity contribution in [3.8, 4) is 0 Å². The summed E-state index contributed by atoms with van der Waals surface area (Å²) in [5.41, 5.74) is 3.85. The zero-order valence-electron chi connectivity index (χ0n) is 16.6. The molecule has 144 valence electrons. The molecule has 0 saturated heterocycles. The molecule has 0 saturated carbocycles. The normalized spacial score (nSPS) is 21.7. The fourth-order valence-electron chi connectivity index (χ4n) is 4.05. The molecule has 1 aliphatic heterocycles. The van der Waals surface area contributed by atoms with Gasteiger partial charge in [0.2, 0.25) is 0 Å². The van der Waals surface area contributed by atoms with E-state index in [0.717, 1.165) is 33.8 Å². The molecular weight excluding hydrogens is 358 g/mol. The summed E-state index contributed by atoms with van der Waals surface area (Å²) in [6.07, 6.45) is 3.31. The molecule has 1 aliphatic carbocycles. The van der Waals surface area contributed by atoms with Crippen molar-refractivity contribution in [2.45, 2.75) is 51.3 Å². The number of nitrogens with one attached hydrogen (secondary N) is 1. The average Bonchev–Trinajstić information content (AvgIpc) is 2.59. The number of carbonyl (C=O) groups is 2. The van der Waals surface area contributed by atoms with E-state index < -0.39 is 0 Å². The molecule has 1 heterocycles. The van der Waals surface area contributed by atoms with Crippen LogP contribution in [0.3, 0.4) is 0 Å². The van der Waals surface area contributed by atoms with Crippen molar-refractivity contribution in [1.29, 1.82) is 0 Å². The Hall–Kier alpha value is -2.01. The first kappa shape index (κ1) is 19.7. The van der Waals surface area contributed by atoms with Crippen molar-refractivity contribution in [3.05, 3.63) is 52.4 Å². The zero-order valence-corrected chi connectivity index (χ0v) is 17.5. The average molecular weight is 386 g/mol. The van der Waals surface area contributed by atoms with Gasteiger partial charge in [0.1, 0.15) is 0 Å². The summed E-state index contributed by atoms with van der Waals surface area (Å²) in [4.78, 5) is 27.0. The highest BCUT2D eigenvalue weighted by Gasteiger charge is 2.43. The molecule has 27 heavy (non-hydrogen) atoms. The quantitative estimate of drug-likeness (QED) is 0.607. The van der Waals surface area contributed by atoms with Gasteiger partial charge < -0.3 is 10.1 Å². The third-order valence-corrected chi connectivity index (χ3v) is 5.93. The Morgan fingerprint density at radius 3 is 2.52 bits per heavy atom. The standard InChI is InChI=1S/C22H27NO3S/c1-6-26-21(25)18-13(2)23-16-11-22(3,4)12-17(24)20(16)19(18)14-7-9-15(27-5)10-8-14/h7-10,19,23H,6,11-12H2,1-5H3. The lowest BCUT2D eigenvalue weighted by Crippen LogP contribution is -2.38. The SMILES string of the molecule is CCOC(=O)C1=C(C)NC2=C(C(=O)CC(C)(C)C2)C1c1ccc(SC)cc1. The first-order valence-corrected chi connectivity index (χ1v) is 10.5. The molecule has 0 bridgehead atoms. The van der Waals surface area contributed by atoms with E-state index in [4.69, 9.17) is 4.74 Å². The van der Waals surface area contributed by atoms with Crippen LogP contribution in [0.4, 0.5) is 0 Å². The lowest BCUT2D eigenvalue weighted by Gasteiger charge is -2.39. The van der Waals surface area contributed by atoms with Crippen LogP contribution < -0.4 is 5.32 Å². The van der Waals surface area contributed by atoms with Gasteiger partial charge in [-0.1, -0.05) is 26.0 Å². The zero-order chi connectivity index (χ0) is 19.8. The largest absolute Gasteiger partial charge is 0.463 e. The Kier molecular flexibility index (Phi) is 5.52. The van der Waals surface area contributed by atoms with E-state index >= 15 is 0 Å². The minimum absolute atomic E-state index is 0.0854. The van der Waals surface area contributed by atoms with E-state index in [1.54, 1.807) is 18.7 Å². The number of benzene rings is 1. The fraction of sp³-hybridized carbons (Fsp3) is 0.455. The van der Waals surface area contributed by atoms with Crippen LogP contribution in [0, 0.1) is 5.41 Å². The third-order valence-electron chi connectivity index (χ3n) is 5.18. The summed E-state index contributed by atoms with van der Waals surface area (Å²) < 4.78 is 5.33. The Bertz CT molecular complexity index is 834. The van der Waals surface area contributed by atoms with Crippen molar-refractivity contribution in [2.75, 3.05) is 12.9 Å². The van der Waals surface area contributed by atoms with Crippen LogP contribution in [0.1, 0.15) is 52.0 Å². The fourth-order valence-corrected chi connectivity index (χ4v) is 4.45. The molecule has 3 rings (SSSR count). The van der Waals surface area contributed by atoms with Crippen molar-refractivity contribution < 1.29 is 14.3 Å². The highest BCUT2D eigenvalue weighted by molar-refractivity contribution is 7.98. The van der Waals surface area contributed by atoms with Crippen LogP contribution in [0.5, 0.6) is 0 Å². The van der Waals surface area contributed by atoms with E-state index in [2.05, 4.69) is 19.2 Å². The number of dihydropyridines is 1. The van der Waals surface area contributed by atoms with Crippen LogP contribution in [-0.4, -0.2) is 24.6 Å². The molecule has 0 radical (unpaired) electrons. The van der Waals surface area contributed by atoms with Crippen molar-refractivity contribution in [2.24, 2.45) is 5.41 Å². The summed E-state index contributed by atoms with van der Waals surface area (Å²) >= 11 is 1.67. The first-order valence-electron chi connectivity index (χ1n) is 9.32. The van der Waals surface area contributed by atoms with Crippen molar-refractivity contribution in [3.63, 3.8) is 0 Å². The van der Waals surface area contributed by atoms with Gasteiger partial charge in [-0.15, -0.1) is 11.8 Å². The molecular formula is C22H27NO3S. The summed E-state index contributed by atoms with van der Waals surface area (Å²) in [7, 11) is 0. The summed E-state index contributed by atoms with van der Waals surface area (Å²) in [5, 5.41) is 3.35. The number of rotatable bonds is 4.